The van der Waals surface area contributed by atoms with Gasteiger partial charge in [-0.2, -0.15) is 0 Å². The highest BCUT2D eigenvalue weighted by atomic mass is 35.5. The van der Waals surface area contributed by atoms with Crippen LogP contribution in [0.1, 0.15) is 0 Å². The zero-order valence-electron chi connectivity index (χ0n) is 13.5. The van der Waals surface area contributed by atoms with E-state index in [9.17, 15) is 13.2 Å². The number of carbonyl (C=O) groups is 1. The molecule has 3 aromatic rings. The highest BCUT2D eigenvalue weighted by Crippen LogP contribution is 2.18. The minimum atomic E-state index is -3.89. The summed E-state index contributed by atoms with van der Waals surface area (Å²) in [6.07, 6.45) is 0. The summed E-state index contributed by atoms with van der Waals surface area (Å²) in [5.41, 5.74) is 2.12. The van der Waals surface area contributed by atoms with Gasteiger partial charge >= 0.3 is 0 Å². The van der Waals surface area contributed by atoms with E-state index in [0.717, 1.165) is 10.8 Å². The van der Waals surface area contributed by atoms with Crippen molar-refractivity contribution in [2.75, 3.05) is 6.61 Å². The summed E-state index contributed by atoms with van der Waals surface area (Å²) in [4.78, 5) is 13.9. The number of halogens is 1. The van der Waals surface area contributed by atoms with Crippen molar-refractivity contribution < 1.29 is 17.9 Å². The lowest BCUT2D eigenvalue weighted by Crippen LogP contribution is -2.43. The number of hydrazine groups is 1. The predicted octanol–water partition coefficient (Wildman–Crippen LogP) is 2.88. The Hall–Kier alpha value is -2.61. The molecule has 2 N–H and O–H groups in total. The molecule has 3 rings (SSSR count). The van der Waals surface area contributed by atoms with Gasteiger partial charge in [-0.25, -0.2) is 8.42 Å². The SMILES string of the molecule is O=C(COc1ccc(Cl)cc1)NNS(=O)(=O)c1ccc2ccccc2c1. The summed E-state index contributed by atoms with van der Waals surface area (Å²) in [6, 6.07) is 18.6. The lowest BCUT2D eigenvalue weighted by molar-refractivity contribution is -0.123. The zero-order chi connectivity index (χ0) is 18.6. The molecule has 0 bridgehead atoms. The van der Waals surface area contributed by atoms with E-state index in [2.05, 4.69) is 10.3 Å². The average molecular weight is 391 g/mol. The lowest BCUT2D eigenvalue weighted by Gasteiger charge is -2.10. The van der Waals surface area contributed by atoms with Gasteiger partial charge in [0.2, 0.25) is 0 Å². The highest BCUT2D eigenvalue weighted by molar-refractivity contribution is 7.89. The van der Waals surface area contributed by atoms with Crippen LogP contribution in [-0.2, 0) is 14.8 Å². The number of rotatable bonds is 6. The van der Waals surface area contributed by atoms with E-state index in [4.69, 9.17) is 16.3 Å². The monoisotopic (exact) mass is 390 g/mol. The molecule has 8 heteroatoms. The van der Waals surface area contributed by atoms with E-state index in [0.29, 0.717) is 10.8 Å². The molecule has 6 nitrogen and oxygen atoms in total. The third-order valence-electron chi connectivity index (χ3n) is 3.54. The predicted molar refractivity (Wildman–Crippen MR) is 99.4 cm³/mol. The zero-order valence-corrected chi connectivity index (χ0v) is 15.0. The minimum Gasteiger partial charge on any atom is -0.484 e. The second-order valence-electron chi connectivity index (χ2n) is 5.41. The molecule has 1 amide bonds. The fraction of sp³-hybridized carbons (Fsp3) is 0.0556. The van der Waals surface area contributed by atoms with Crippen molar-refractivity contribution >= 4 is 38.3 Å². The lowest BCUT2D eigenvalue weighted by atomic mass is 10.1. The molecular formula is C18H15ClN2O4S. The molecule has 3 aromatic carbocycles. The fourth-order valence-corrected chi connectivity index (χ4v) is 3.25. The van der Waals surface area contributed by atoms with Crippen molar-refractivity contribution in [1.29, 1.82) is 0 Å². The van der Waals surface area contributed by atoms with Gasteiger partial charge < -0.3 is 4.74 Å². The maximum atomic E-state index is 12.3. The Morgan fingerprint density at radius 1 is 0.962 bits per heavy atom. The van der Waals surface area contributed by atoms with E-state index >= 15 is 0 Å². The molecule has 0 saturated heterocycles. The Balaban J connectivity index is 1.59. The molecule has 0 aliphatic carbocycles. The number of carbonyl (C=O) groups excluding carboxylic acids is 1. The van der Waals surface area contributed by atoms with Gasteiger partial charge in [-0.15, -0.1) is 4.83 Å². The second-order valence-corrected chi connectivity index (χ2v) is 7.52. The van der Waals surface area contributed by atoms with Crippen molar-refractivity contribution in [3.05, 3.63) is 71.8 Å². The quantitative estimate of drug-likeness (QED) is 0.634. The van der Waals surface area contributed by atoms with Crippen LogP contribution in [0.25, 0.3) is 10.8 Å². The summed E-state index contributed by atoms with van der Waals surface area (Å²) in [6.45, 7) is -0.345. The van der Waals surface area contributed by atoms with Gasteiger partial charge in [-0.05, 0) is 47.2 Å². The molecule has 0 unspecified atom stereocenters. The van der Waals surface area contributed by atoms with Gasteiger partial charge in [0.15, 0.2) is 6.61 Å². The van der Waals surface area contributed by atoms with Crippen molar-refractivity contribution in [1.82, 2.24) is 10.3 Å². The maximum Gasteiger partial charge on any atom is 0.272 e. The number of fused-ring (bicyclic) bond motifs is 1. The minimum absolute atomic E-state index is 0.0510. The van der Waals surface area contributed by atoms with Crippen LogP contribution in [0.2, 0.25) is 5.02 Å². The number of hydrogen-bond acceptors (Lipinski definition) is 4. The van der Waals surface area contributed by atoms with E-state index in [1.807, 2.05) is 24.3 Å². The molecule has 0 spiro atoms. The second kappa shape index (κ2) is 7.74. The number of ether oxygens (including phenoxy) is 1. The first-order chi connectivity index (χ1) is 12.4. The van der Waals surface area contributed by atoms with E-state index in [1.165, 1.54) is 12.1 Å². The van der Waals surface area contributed by atoms with Crippen LogP contribution in [-0.4, -0.2) is 20.9 Å². The summed E-state index contributed by atoms with van der Waals surface area (Å²) in [5.74, 6) is -0.189. The van der Waals surface area contributed by atoms with Crippen molar-refractivity contribution in [3.8, 4) is 5.75 Å². The van der Waals surface area contributed by atoms with Crippen LogP contribution < -0.4 is 15.0 Å². The third kappa shape index (κ3) is 4.51. The smallest absolute Gasteiger partial charge is 0.272 e. The fourth-order valence-electron chi connectivity index (χ4n) is 2.23. The van der Waals surface area contributed by atoms with Crippen molar-refractivity contribution in [2.45, 2.75) is 4.90 Å². The molecule has 0 radical (unpaired) electrons. The Labute approximate surface area is 155 Å². The third-order valence-corrected chi connectivity index (χ3v) is 5.04. The Morgan fingerprint density at radius 2 is 1.65 bits per heavy atom. The van der Waals surface area contributed by atoms with Crippen LogP contribution in [0, 0.1) is 0 Å². The summed E-state index contributed by atoms with van der Waals surface area (Å²) in [7, 11) is -3.89. The first kappa shape index (κ1) is 18.2. The molecule has 0 aliphatic heterocycles. The molecule has 0 aliphatic rings. The van der Waals surface area contributed by atoms with Crippen LogP contribution in [0.5, 0.6) is 5.75 Å². The average Bonchev–Trinajstić information content (AvgIpc) is 2.65. The van der Waals surface area contributed by atoms with Gasteiger partial charge in [0, 0.05) is 5.02 Å². The Kier molecular flexibility index (Phi) is 5.41. The standard InChI is InChI=1S/C18H15ClN2O4S/c19-15-6-8-16(9-7-15)25-12-18(22)20-21-26(23,24)17-10-5-13-3-1-2-4-14(13)11-17/h1-11,21H,12H2,(H,20,22). The number of sulfonamides is 1. The molecule has 0 fully saturated rings. The van der Waals surface area contributed by atoms with Gasteiger partial charge in [-0.1, -0.05) is 41.9 Å². The molecule has 0 heterocycles. The first-order valence-corrected chi connectivity index (χ1v) is 9.48. The van der Waals surface area contributed by atoms with E-state index < -0.39 is 15.9 Å². The first-order valence-electron chi connectivity index (χ1n) is 7.62. The number of benzene rings is 3. The Morgan fingerprint density at radius 3 is 2.38 bits per heavy atom. The van der Waals surface area contributed by atoms with Crippen LogP contribution in [0.15, 0.2) is 71.6 Å². The Bertz CT molecular complexity index is 1040. The van der Waals surface area contributed by atoms with Crippen molar-refractivity contribution in [3.63, 3.8) is 0 Å². The maximum absolute atomic E-state index is 12.3. The van der Waals surface area contributed by atoms with Crippen LogP contribution in [0.4, 0.5) is 0 Å². The summed E-state index contributed by atoms with van der Waals surface area (Å²) in [5, 5.41) is 2.25. The number of amides is 1. The van der Waals surface area contributed by atoms with E-state index in [1.54, 1.807) is 30.3 Å². The van der Waals surface area contributed by atoms with Gasteiger partial charge in [0.25, 0.3) is 15.9 Å². The summed E-state index contributed by atoms with van der Waals surface area (Å²) >= 11 is 5.76. The van der Waals surface area contributed by atoms with E-state index in [-0.39, 0.29) is 11.5 Å². The van der Waals surface area contributed by atoms with Gasteiger partial charge in [-0.3, -0.25) is 10.2 Å². The molecule has 26 heavy (non-hydrogen) atoms. The van der Waals surface area contributed by atoms with Gasteiger partial charge in [0.05, 0.1) is 4.90 Å². The van der Waals surface area contributed by atoms with Crippen LogP contribution in [0.3, 0.4) is 0 Å². The van der Waals surface area contributed by atoms with Gasteiger partial charge in [0.1, 0.15) is 5.75 Å². The number of nitrogens with one attached hydrogen (secondary N) is 2. The molecule has 134 valence electrons. The number of hydrogen-bond donors (Lipinski definition) is 2. The molecule has 0 aromatic heterocycles. The highest BCUT2D eigenvalue weighted by Gasteiger charge is 2.15. The topological polar surface area (TPSA) is 84.5 Å². The molecule has 0 atom stereocenters. The normalized spacial score (nSPS) is 11.3. The largest absolute Gasteiger partial charge is 0.484 e. The molecular weight excluding hydrogens is 376 g/mol. The molecule has 0 saturated carbocycles. The summed E-state index contributed by atoms with van der Waals surface area (Å²) < 4.78 is 29.9. The van der Waals surface area contributed by atoms with Crippen LogP contribution >= 0.6 is 11.6 Å². The van der Waals surface area contributed by atoms with Crippen molar-refractivity contribution in [2.24, 2.45) is 0 Å².